The van der Waals surface area contributed by atoms with Crippen LogP contribution in [0.15, 0.2) is 24.0 Å². The van der Waals surface area contributed by atoms with Gasteiger partial charge in [-0.05, 0) is 6.92 Å². The molecule has 0 saturated carbocycles. The Morgan fingerprint density at radius 2 is 2.26 bits per heavy atom. The maximum Gasteiger partial charge on any atom is 0.228 e. The normalized spacial score (nSPS) is 17.1. The zero-order chi connectivity index (χ0) is 14.7. The molecular formula is C14H19Cl2N5OS. The Kier molecular flexibility index (Phi) is 7.84. The van der Waals surface area contributed by atoms with Crippen molar-refractivity contribution in [1.82, 2.24) is 25.2 Å². The first-order chi connectivity index (χ1) is 10.2. The minimum Gasteiger partial charge on any atom is -0.337 e. The quantitative estimate of drug-likeness (QED) is 0.885. The Bertz CT molecular complexity index is 625. The maximum absolute atomic E-state index is 12.4. The van der Waals surface area contributed by atoms with Crippen molar-refractivity contribution in [3.8, 4) is 10.7 Å². The first kappa shape index (κ1) is 19.8. The summed E-state index contributed by atoms with van der Waals surface area (Å²) in [6, 6.07) is 0.240. The molecule has 3 heterocycles. The lowest BCUT2D eigenvalue weighted by Crippen LogP contribution is -2.52. The molecule has 1 saturated heterocycles. The number of hydrogen-bond donors (Lipinski definition) is 1. The molecule has 6 nitrogen and oxygen atoms in total. The lowest BCUT2D eigenvalue weighted by molar-refractivity contribution is -0.133. The number of carbonyl (C=O) groups is 1. The second-order valence-corrected chi connectivity index (χ2v) is 5.91. The van der Waals surface area contributed by atoms with Gasteiger partial charge in [-0.2, -0.15) is 0 Å². The second-order valence-electron chi connectivity index (χ2n) is 5.05. The number of thiazole rings is 1. The molecule has 0 aromatic carbocycles. The van der Waals surface area contributed by atoms with E-state index in [1.165, 1.54) is 11.3 Å². The molecule has 3 rings (SSSR count). The summed E-state index contributed by atoms with van der Waals surface area (Å²) in [5, 5.41) is 6.02. The highest BCUT2D eigenvalue weighted by atomic mass is 35.5. The molecule has 1 amide bonds. The van der Waals surface area contributed by atoms with E-state index in [0.29, 0.717) is 6.42 Å². The molecule has 1 atom stereocenters. The first-order valence-electron chi connectivity index (χ1n) is 6.95. The Morgan fingerprint density at radius 3 is 2.96 bits per heavy atom. The summed E-state index contributed by atoms with van der Waals surface area (Å²) in [5.74, 6) is 0.139. The molecule has 0 radical (unpaired) electrons. The van der Waals surface area contributed by atoms with Crippen LogP contribution in [0.1, 0.15) is 12.6 Å². The smallest absolute Gasteiger partial charge is 0.228 e. The van der Waals surface area contributed by atoms with Crippen LogP contribution in [0.5, 0.6) is 0 Å². The summed E-state index contributed by atoms with van der Waals surface area (Å²) in [7, 11) is 0. The summed E-state index contributed by atoms with van der Waals surface area (Å²) in [6.45, 7) is 4.54. The van der Waals surface area contributed by atoms with Crippen LogP contribution in [0.4, 0.5) is 0 Å². The molecule has 1 aliphatic heterocycles. The molecule has 0 spiro atoms. The molecule has 2 aromatic rings. The van der Waals surface area contributed by atoms with Crippen LogP contribution in [0.2, 0.25) is 0 Å². The van der Waals surface area contributed by atoms with Gasteiger partial charge in [0.15, 0.2) is 0 Å². The molecule has 9 heteroatoms. The van der Waals surface area contributed by atoms with E-state index in [2.05, 4.69) is 27.2 Å². The number of piperazine rings is 1. The Balaban J connectivity index is 0.00000132. The molecule has 1 fully saturated rings. The Labute approximate surface area is 151 Å². The second kappa shape index (κ2) is 9.12. The lowest BCUT2D eigenvalue weighted by atomic mass is 10.2. The van der Waals surface area contributed by atoms with Crippen LogP contribution in [0, 0.1) is 0 Å². The fourth-order valence-corrected chi connectivity index (χ4v) is 3.16. The summed E-state index contributed by atoms with van der Waals surface area (Å²) in [5.41, 5.74) is 1.55. The maximum atomic E-state index is 12.4. The van der Waals surface area contributed by atoms with E-state index >= 15 is 0 Å². The predicted molar refractivity (Wildman–Crippen MR) is 95.4 cm³/mol. The summed E-state index contributed by atoms with van der Waals surface area (Å²) < 4.78 is 0. The zero-order valence-electron chi connectivity index (χ0n) is 12.6. The fraction of sp³-hybridized carbons (Fsp3) is 0.429. The Hall–Kier alpha value is -1.28. The highest BCUT2D eigenvalue weighted by Crippen LogP contribution is 2.21. The first-order valence-corrected chi connectivity index (χ1v) is 7.83. The van der Waals surface area contributed by atoms with Crippen LogP contribution in [0.25, 0.3) is 10.7 Å². The lowest BCUT2D eigenvalue weighted by Gasteiger charge is -2.33. The molecular weight excluding hydrogens is 357 g/mol. The standard InChI is InChI=1S/C14H17N5OS.2ClH/c1-10-7-16-4-5-19(10)13(20)6-11-9-21-14(18-11)12-8-15-2-3-17-12;;/h2-3,8-10,16H,4-7H2,1H3;2*1H/t10-;;/m1../s1. The summed E-state index contributed by atoms with van der Waals surface area (Å²) in [4.78, 5) is 27.0. The van der Waals surface area contributed by atoms with Crippen molar-refractivity contribution in [2.75, 3.05) is 19.6 Å². The molecule has 0 bridgehead atoms. The van der Waals surface area contributed by atoms with Crippen molar-refractivity contribution < 1.29 is 4.79 Å². The van der Waals surface area contributed by atoms with Gasteiger partial charge in [-0.1, -0.05) is 0 Å². The molecule has 2 aromatic heterocycles. The number of nitrogens with one attached hydrogen (secondary N) is 1. The van der Waals surface area contributed by atoms with Crippen LogP contribution < -0.4 is 5.32 Å². The van der Waals surface area contributed by atoms with Gasteiger partial charge in [0.25, 0.3) is 0 Å². The van der Waals surface area contributed by atoms with Crippen LogP contribution in [-0.2, 0) is 11.2 Å². The van der Waals surface area contributed by atoms with Gasteiger partial charge in [0.2, 0.25) is 5.91 Å². The van der Waals surface area contributed by atoms with E-state index in [1.54, 1.807) is 18.6 Å². The third-order valence-corrected chi connectivity index (χ3v) is 4.40. The van der Waals surface area contributed by atoms with Gasteiger partial charge >= 0.3 is 0 Å². The molecule has 23 heavy (non-hydrogen) atoms. The van der Waals surface area contributed by atoms with E-state index < -0.39 is 0 Å². The van der Waals surface area contributed by atoms with Gasteiger partial charge in [-0.15, -0.1) is 36.2 Å². The molecule has 0 unspecified atom stereocenters. The van der Waals surface area contributed by atoms with E-state index in [4.69, 9.17) is 0 Å². The van der Waals surface area contributed by atoms with Gasteiger partial charge in [0.05, 0.1) is 18.3 Å². The van der Waals surface area contributed by atoms with Crippen molar-refractivity contribution in [3.63, 3.8) is 0 Å². The third-order valence-electron chi connectivity index (χ3n) is 3.49. The number of hydrogen-bond acceptors (Lipinski definition) is 6. The summed E-state index contributed by atoms with van der Waals surface area (Å²) in [6.07, 6.45) is 5.31. The van der Waals surface area contributed by atoms with E-state index in [-0.39, 0.29) is 36.8 Å². The minimum atomic E-state index is 0. The minimum absolute atomic E-state index is 0. The number of amides is 1. The monoisotopic (exact) mass is 375 g/mol. The number of halogens is 2. The van der Waals surface area contributed by atoms with Gasteiger partial charge in [-0.3, -0.25) is 14.8 Å². The molecule has 1 aliphatic rings. The van der Waals surface area contributed by atoms with Crippen molar-refractivity contribution in [3.05, 3.63) is 29.7 Å². The third kappa shape index (κ3) is 4.84. The largest absolute Gasteiger partial charge is 0.337 e. The highest BCUT2D eigenvalue weighted by molar-refractivity contribution is 7.13. The summed E-state index contributed by atoms with van der Waals surface area (Å²) >= 11 is 1.50. The van der Waals surface area contributed by atoms with E-state index in [0.717, 1.165) is 36.0 Å². The molecule has 1 N–H and O–H groups in total. The van der Waals surface area contributed by atoms with Crippen LogP contribution in [0.3, 0.4) is 0 Å². The fourth-order valence-electron chi connectivity index (χ4n) is 2.38. The van der Waals surface area contributed by atoms with Crippen molar-refractivity contribution in [2.24, 2.45) is 0 Å². The molecule has 126 valence electrons. The van der Waals surface area contributed by atoms with E-state index in [1.807, 2.05) is 10.3 Å². The van der Waals surface area contributed by atoms with Gasteiger partial charge in [0, 0.05) is 43.4 Å². The Morgan fingerprint density at radius 1 is 1.43 bits per heavy atom. The molecule has 0 aliphatic carbocycles. The SMILES string of the molecule is C[C@@H]1CNCCN1C(=O)Cc1csc(-c2cnccn2)n1.Cl.Cl. The van der Waals surface area contributed by atoms with Gasteiger partial charge < -0.3 is 10.2 Å². The van der Waals surface area contributed by atoms with Crippen LogP contribution >= 0.6 is 36.2 Å². The number of aromatic nitrogens is 3. The van der Waals surface area contributed by atoms with E-state index in [9.17, 15) is 4.79 Å². The van der Waals surface area contributed by atoms with Crippen molar-refractivity contribution in [2.45, 2.75) is 19.4 Å². The number of carbonyl (C=O) groups excluding carboxylic acids is 1. The highest BCUT2D eigenvalue weighted by Gasteiger charge is 2.23. The average molecular weight is 376 g/mol. The van der Waals surface area contributed by atoms with Crippen LogP contribution in [-0.4, -0.2) is 51.4 Å². The zero-order valence-corrected chi connectivity index (χ0v) is 15.1. The van der Waals surface area contributed by atoms with Gasteiger partial charge in [-0.25, -0.2) is 4.98 Å². The average Bonchev–Trinajstić information content (AvgIpc) is 2.97. The van der Waals surface area contributed by atoms with Gasteiger partial charge in [0.1, 0.15) is 10.7 Å². The topological polar surface area (TPSA) is 71.0 Å². The number of nitrogens with zero attached hydrogens (tertiary/aromatic N) is 4. The van der Waals surface area contributed by atoms with Crippen molar-refractivity contribution >= 4 is 42.1 Å². The van der Waals surface area contributed by atoms with Crippen molar-refractivity contribution in [1.29, 1.82) is 0 Å². The predicted octanol–water partition coefficient (Wildman–Crippen LogP) is 1.81. The number of rotatable bonds is 3.